The summed E-state index contributed by atoms with van der Waals surface area (Å²) in [7, 11) is -11.5. The number of rotatable bonds is 23. The Morgan fingerprint density at radius 1 is 0.524 bits per heavy atom. The number of hydrogen-bond donors (Lipinski definition) is 5. The lowest BCUT2D eigenvalue weighted by Gasteiger charge is -2.34. The van der Waals surface area contributed by atoms with E-state index in [1.807, 2.05) is 120 Å². The zero-order valence-corrected chi connectivity index (χ0v) is 86.7. The van der Waals surface area contributed by atoms with Crippen LogP contribution in [-0.4, -0.2) is 211 Å². The molecule has 8 aliphatic carbocycles. The molecule has 788 valence electrons. The van der Waals surface area contributed by atoms with Gasteiger partial charge in [-0.2, -0.15) is 0 Å². The minimum atomic E-state index is -3.83. The van der Waals surface area contributed by atoms with Gasteiger partial charge in [0.2, 0.25) is 77.2 Å². The highest BCUT2D eigenvalue weighted by atomic mass is 32.2. The Morgan fingerprint density at radius 3 is 1.52 bits per heavy atom. The Bertz CT molecular complexity index is 6550. The maximum absolute atomic E-state index is 14.7. The highest BCUT2D eigenvalue weighted by Crippen LogP contribution is 2.59. The van der Waals surface area contributed by atoms with Gasteiger partial charge in [-0.15, -0.1) is 13.2 Å². The van der Waals surface area contributed by atoms with Crippen molar-refractivity contribution in [3.8, 4) is 17.6 Å². The first kappa shape index (κ1) is 106. The number of carbonyl (C=O) groups excluding carboxylic acids is 12. The van der Waals surface area contributed by atoms with Crippen LogP contribution in [0.25, 0.3) is 44.5 Å². The Hall–Kier alpha value is -11.9. The predicted octanol–water partition coefficient (Wildman–Crippen LogP) is 13.7. The van der Waals surface area contributed by atoms with Gasteiger partial charge in [-0.3, -0.25) is 66.9 Å². The zero-order chi connectivity index (χ0) is 104. The van der Waals surface area contributed by atoms with Gasteiger partial charge in [0.25, 0.3) is 5.91 Å². The number of Topliss-reactive ketones (excluding diaryl/α,β-unsaturated/α-hetero) is 3. The molecule has 2 saturated heterocycles. The van der Waals surface area contributed by atoms with Crippen molar-refractivity contribution in [2.75, 3.05) is 32.9 Å². The van der Waals surface area contributed by atoms with Crippen LogP contribution < -0.4 is 39.0 Å². The number of ether oxygens (including phenoxy) is 6. The van der Waals surface area contributed by atoms with Crippen molar-refractivity contribution in [2.45, 2.75) is 298 Å². The van der Waals surface area contributed by atoms with Crippen molar-refractivity contribution < 1.29 is 111 Å². The number of allylic oxidation sites excluding steroid dienone is 3. The summed E-state index contributed by atoms with van der Waals surface area (Å²) in [5, 5.41) is 9.33. The molecule has 2 unspecified atom stereocenters. The third kappa shape index (κ3) is 24.7. The molecule has 7 amide bonds. The fraction of sp³-hybridized carbons (Fsp3) is 0.573. The number of nitrogens with one attached hydrogen (secondary N) is 5. The number of ketones is 3. The average molecular weight is 2080 g/mol. The Morgan fingerprint density at radius 2 is 1.01 bits per heavy atom. The van der Waals surface area contributed by atoms with Gasteiger partial charge in [0, 0.05) is 72.3 Å². The van der Waals surface area contributed by atoms with E-state index in [4.69, 9.17) is 28.4 Å². The van der Waals surface area contributed by atoms with Gasteiger partial charge in [-0.1, -0.05) is 140 Å². The fourth-order valence-electron chi connectivity index (χ4n) is 22.6. The number of nitrogens with zero attached hydrogens (tertiary/aromatic N) is 5. The maximum atomic E-state index is 14.7. The highest BCUT2D eigenvalue weighted by Gasteiger charge is 2.66. The van der Waals surface area contributed by atoms with Crippen LogP contribution in [-0.2, 0) is 103 Å². The molecule has 3 aromatic carbocycles. The lowest BCUT2D eigenvalue weighted by atomic mass is 9.77. The monoisotopic (exact) mass is 2080 g/mol. The summed E-state index contributed by atoms with van der Waals surface area (Å²) in [6, 6.07) is 21.0. The van der Waals surface area contributed by atoms with Gasteiger partial charge in [0.15, 0.2) is 17.3 Å². The van der Waals surface area contributed by atoms with Crippen LogP contribution in [0.4, 0.5) is 4.79 Å². The van der Waals surface area contributed by atoms with Crippen molar-refractivity contribution in [1.29, 1.82) is 0 Å². The number of aryl methyl sites for hydroxylation is 1. The summed E-state index contributed by atoms with van der Waals surface area (Å²) in [4.78, 5) is 182. The molecule has 10 fully saturated rings. The number of cyclic esters (lactones) is 3. The molecular formula is C110H136N10O24S3. The molecule has 3 aromatic heterocycles. The van der Waals surface area contributed by atoms with E-state index in [-0.39, 0.29) is 150 Å². The molecule has 37 heteroatoms. The topological polar surface area (TPSA) is 468 Å². The van der Waals surface area contributed by atoms with Crippen molar-refractivity contribution in [2.24, 2.45) is 63.6 Å². The number of sulfonamides is 3. The standard InChI is InChI=1S/C38H50N4O8S.2C36H43N3O8S/c1-2-26-22-38(26,36(45)42-51(47,48)28-14-15-28)41-34(44)31-21-27-20-30(31)33(43)32(25-10-6-3-7-11-25)40-37(46)49-18-8-4-5-9-23-12-13-24-16-17-39-35(50-27)29(24)19-23;1-5-24-19-36(24,34(43)38-48(44,45)26-11-12-26)20-30(40)29-17-25-21-39(29)33(42)28(35(2,3)4)18-31(41)46-15-7-6-8-22-9-10-23-13-14-37-32(47-25)27(23)16-22;1-3-8-25-18-32(41)46-16-7-5-6-9-23-10-11-24-14-15-37-33(29(24)17-23)47-27-19-30(39(22-27)34(25)42)31(40)21-36(20-26(36)4-2)35(43)38-48(44,45)28-12-13-28/h12-13,16-17,19,25-28,30-32H,2-11,14-15,18,20-22H2,1H3,(H,40,46)(H,41,44)(H,42,45);5-6,8-10,13-14,16,24-26,28-29H,1,7,11-12,15,17-21H2,2-4H3,(H,38,43);4,6,9-11,14-15,17,25-28,30H,2-3,5,7-8,12-13,16,18-22H2,1H3,(H,38,43)/b;8-6+;9-6+/t26-,27+,30?,31?,32+,38-;24-,25-,28-,29+,36-;25-,26-,27-,30+,36-/m111/s1. The molecule has 16 atom stereocenters. The zero-order valence-electron chi connectivity index (χ0n) is 84.3. The van der Waals surface area contributed by atoms with E-state index in [1.165, 1.54) is 9.80 Å². The number of esters is 2. The SMILES string of the molecule is C=C[C@@H]1C[C@]1(CC(=O)[C@@H]1C[C@@H]2CN1C(=O)[C@H](C(C)(C)C)CC(=O)OCC/C=C/c1ccc3ccnc(c3c1)O2)C(=O)NS(=O)(=O)C1CC1.C=C[C@@H]1C[C@]1(CC(=O)[C@@H]1C[C@@H]2CN1C(=O)[C@H](CCC)CC(=O)OCCC/C=C/c1ccc3ccnc(c3c1)O2)C(=O)NS(=O)(=O)C1CC1.CC[C@@H]1C[C@]1(NC(=O)C1C[C@@H]2CC1C(=O)[C@H](C1CCCCC1)NC(=O)OCCCCCc1ccc3ccnc(c3c1)O2)C(=O)NS(=O)(=O)C1CC1. The molecule has 8 heterocycles. The fourth-order valence-corrected chi connectivity index (χ4v) is 26.7. The summed E-state index contributed by atoms with van der Waals surface area (Å²) in [6.45, 7) is 17.8. The normalized spacial score (nSPS) is 29.4. The Balaban J connectivity index is 0.000000151. The Labute approximate surface area is 858 Å². The molecule has 12 bridgehead atoms. The summed E-state index contributed by atoms with van der Waals surface area (Å²) < 4.78 is 119. The molecule has 0 radical (unpaired) electrons. The number of fused-ring (bicyclic) bond motifs is 9. The second-order valence-corrected chi connectivity index (χ2v) is 49.5. The third-order valence-corrected chi connectivity index (χ3v) is 37.4. The van der Waals surface area contributed by atoms with Crippen LogP contribution in [0.5, 0.6) is 17.6 Å². The molecule has 13 aliphatic rings. The second-order valence-electron chi connectivity index (χ2n) is 43.6. The average Bonchev–Trinajstić information content (AvgIpc) is 1.58. The maximum Gasteiger partial charge on any atom is 0.407 e. The number of alkyl carbamates (subject to hydrolysis) is 1. The quantitative estimate of drug-likeness (QED) is 0.0226. The van der Waals surface area contributed by atoms with Crippen molar-refractivity contribution >= 4 is 145 Å². The van der Waals surface area contributed by atoms with Crippen LogP contribution in [0, 0.1) is 63.6 Å². The molecule has 5 N–H and O–H groups in total. The van der Waals surface area contributed by atoms with Crippen LogP contribution in [0.3, 0.4) is 0 Å². The number of amides is 7. The van der Waals surface area contributed by atoms with E-state index in [0.717, 1.165) is 100 Å². The largest absolute Gasteiger partial charge is 0.474 e. The van der Waals surface area contributed by atoms with E-state index in [9.17, 15) is 82.8 Å². The first-order valence-electron chi connectivity index (χ1n) is 52.5. The lowest BCUT2D eigenvalue weighted by molar-refractivity contribution is -0.153. The lowest BCUT2D eigenvalue weighted by Crippen LogP contribution is -2.55. The van der Waals surface area contributed by atoms with Crippen LogP contribution in [0.2, 0.25) is 0 Å². The van der Waals surface area contributed by atoms with E-state index in [1.54, 1.807) is 30.7 Å². The van der Waals surface area contributed by atoms with E-state index >= 15 is 0 Å². The second kappa shape index (κ2) is 44.5. The van der Waals surface area contributed by atoms with Gasteiger partial charge in [0.1, 0.15) is 23.9 Å². The first-order chi connectivity index (χ1) is 70.3. The van der Waals surface area contributed by atoms with Crippen molar-refractivity contribution in [3.63, 3.8) is 0 Å². The smallest absolute Gasteiger partial charge is 0.407 e. The van der Waals surface area contributed by atoms with E-state index in [0.29, 0.717) is 108 Å². The number of carbonyl (C=O) groups is 12. The summed E-state index contributed by atoms with van der Waals surface area (Å²) in [5.41, 5.74) is -1.55. The minimum absolute atomic E-state index is 0.0642. The number of benzene rings is 3. The molecule has 5 aliphatic heterocycles. The Kier molecular flexibility index (Phi) is 32.2. The van der Waals surface area contributed by atoms with Gasteiger partial charge >= 0.3 is 18.0 Å². The number of pyridine rings is 3. The van der Waals surface area contributed by atoms with Crippen LogP contribution >= 0.6 is 0 Å². The molecule has 8 saturated carbocycles. The molecule has 34 nitrogen and oxygen atoms in total. The predicted molar refractivity (Wildman–Crippen MR) is 547 cm³/mol. The molecule has 6 aromatic rings. The first-order valence-corrected chi connectivity index (χ1v) is 57.2. The minimum Gasteiger partial charge on any atom is -0.474 e. The summed E-state index contributed by atoms with van der Waals surface area (Å²) in [5.74, 6) is -8.38. The van der Waals surface area contributed by atoms with Crippen molar-refractivity contribution in [3.05, 3.63) is 146 Å². The van der Waals surface area contributed by atoms with Gasteiger partial charge in [-0.05, 0) is 233 Å². The third-order valence-electron chi connectivity index (χ3n) is 32.0. The summed E-state index contributed by atoms with van der Waals surface area (Å²) >= 11 is 0. The van der Waals surface area contributed by atoms with Crippen LogP contribution in [0.1, 0.15) is 250 Å². The van der Waals surface area contributed by atoms with E-state index < -0.39 is 169 Å². The molecule has 0 spiro atoms. The van der Waals surface area contributed by atoms with Gasteiger partial charge in [0.05, 0.1) is 102 Å². The van der Waals surface area contributed by atoms with E-state index in [2.05, 4.69) is 65.0 Å². The van der Waals surface area contributed by atoms with Crippen molar-refractivity contribution in [1.82, 2.24) is 49.6 Å². The highest BCUT2D eigenvalue weighted by molar-refractivity contribution is 7.91. The molecule has 19 rings (SSSR count). The van der Waals surface area contributed by atoms with Gasteiger partial charge < -0.3 is 48.9 Å². The molecular weight excluding hydrogens is 1940 g/mol. The summed E-state index contributed by atoms with van der Waals surface area (Å²) in [6.07, 6.45) is 28.7. The number of aromatic nitrogens is 3. The van der Waals surface area contributed by atoms with Gasteiger partial charge in [-0.25, -0.2) is 45.0 Å². The molecule has 147 heavy (non-hydrogen) atoms. The van der Waals surface area contributed by atoms with Crippen LogP contribution in [0.15, 0.2) is 129 Å². The number of hydrogen-bond acceptors (Lipinski definition) is 27.